The Kier molecular flexibility index (Phi) is 1.73. The van der Waals surface area contributed by atoms with Gasteiger partial charge in [-0.05, 0) is 31.6 Å². The standard InChI is InChI=1S/C8H14F2/c1-7(3-4-7)5-6-8(2,9)10/h3-6H2,1-2H3. The molecule has 60 valence electrons. The van der Waals surface area contributed by atoms with Crippen LogP contribution >= 0.6 is 0 Å². The second kappa shape index (κ2) is 2.18. The first-order valence-corrected chi connectivity index (χ1v) is 3.79. The SMILES string of the molecule is CC(F)(F)CCC1(C)CC1. The molecule has 0 unspecified atom stereocenters. The summed E-state index contributed by atoms with van der Waals surface area (Å²) in [6, 6.07) is 0. The summed E-state index contributed by atoms with van der Waals surface area (Å²) in [5, 5.41) is 0. The van der Waals surface area contributed by atoms with Crippen molar-refractivity contribution in [1.82, 2.24) is 0 Å². The minimum absolute atomic E-state index is 0.0590. The predicted molar refractivity (Wildman–Crippen MR) is 37.2 cm³/mol. The van der Waals surface area contributed by atoms with E-state index in [0.29, 0.717) is 6.42 Å². The number of hydrogen-bond acceptors (Lipinski definition) is 0. The van der Waals surface area contributed by atoms with E-state index in [0.717, 1.165) is 19.8 Å². The Balaban J connectivity index is 2.17. The Labute approximate surface area is 60.6 Å². The van der Waals surface area contributed by atoms with Crippen molar-refractivity contribution in [3.05, 3.63) is 0 Å². The molecule has 0 radical (unpaired) electrons. The van der Waals surface area contributed by atoms with E-state index in [-0.39, 0.29) is 11.8 Å². The number of hydrogen-bond donors (Lipinski definition) is 0. The van der Waals surface area contributed by atoms with Crippen LogP contribution < -0.4 is 0 Å². The fourth-order valence-corrected chi connectivity index (χ4v) is 0.985. The summed E-state index contributed by atoms with van der Waals surface area (Å²) in [6.07, 6.45) is 3.03. The van der Waals surface area contributed by atoms with Gasteiger partial charge in [0.1, 0.15) is 0 Å². The summed E-state index contributed by atoms with van der Waals surface area (Å²) in [6.45, 7) is 3.08. The maximum Gasteiger partial charge on any atom is 0.245 e. The van der Waals surface area contributed by atoms with Gasteiger partial charge in [0.15, 0.2) is 0 Å². The van der Waals surface area contributed by atoms with Crippen molar-refractivity contribution in [3.8, 4) is 0 Å². The molecule has 1 fully saturated rings. The molecular formula is C8H14F2. The van der Waals surface area contributed by atoms with Crippen LogP contribution in [0.4, 0.5) is 8.78 Å². The minimum Gasteiger partial charge on any atom is -0.207 e. The highest BCUT2D eigenvalue weighted by Gasteiger charge is 2.39. The Morgan fingerprint density at radius 2 is 1.90 bits per heavy atom. The highest BCUT2D eigenvalue weighted by atomic mass is 19.3. The van der Waals surface area contributed by atoms with Crippen molar-refractivity contribution in [2.45, 2.75) is 45.5 Å². The largest absolute Gasteiger partial charge is 0.245 e. The molecule has 0 aliphatic heterocycles. The molecule has 0 saturated heterocycles. The molecule has 10 heavy (non-hydrogen) atoms. The van der Waals surface area contributed by atoms with Gasteiger partial charge in [0.05, 0.1) is 0 Å². The van der Waals surface area contributed by atoms with Gasteiger partial charge < -0.3 is 0 Å². The molecule has 0 heterocycles. The van der Waals surface area contributed by atoms with Crippen LogP contribution in [0.3, 0.4) is 0 Å². The van der Waals surface area contributed by atoms with E-state index in [1.807, 2.05) is 0 Å². The highest BCUT2D eigenvalue weighted by Crippen LogP contribution is 2.50. The summed E-state index contributed by atoms with van der Waals surface area (Å²) >= 11 is 0. The van der Waals surface area contributed by atoms with Crippen LogP contribution in [-0.4, -0.2) is 5.92 Å². The van der Waals surface area contributed by atoms with Gasteiger partial charge in [-0.1, -0.05) is 6.92 Å². The van der Waals surface area contributed by atoms with Gasteiger partial charge in [-0.2, -0.15) is 0 Å². The molecule has 0 atom stereocenters. The van der Waals surface area contributed by atoms with Crippen LogP contribution in [0.1, 0.15) is 39.5 Å². The van der Waals surface area contributed by atoms with E-state index in [9.17, 15) is 8.78 Å². The molecule has 0 aromatic rings. The molecule has 0 nitrogen and oxygen atoms in total. The quantitative estimate of drug-likeness (QED) is 0.576. The summed E-state index contributed by atoms with van der Waals surface area (Å²) in [5.41, 5.74) is 0.277. The molecular weight excluding hydrogens is 134 g/mol. The van der Waals surface area contributed by atoms with Crippen molar-refractivity contribution in [1.29, 1.82) is 0 Å². The molecule has 1 rings (SSSR count). The molecule has 0 bridgehead atoms. The van der Waals surface area contributed by atoms with E-state index in [4.69, 9.17) is 0 Å². The monoisotopic (exact) mass is 148 g/mol. The molecule has 1 aliphatic rings. The van der Waals surface area contributed by atoms with Crippen molar-refractivity contribution in [3.63, 3.8) is 0 Å². The van der Waals surface area contributed by atoms with E-state index in [1.54, 1.807) is 0 Å². The zero-order valence-electron chi connectivity index (χ0n) is 6.58. The first-order chi connectivity index (χ1) is 4.41. The fraction of sp³-hybridized carbons (Fsp3) is 1.00. The maximum absolute atomic E-state index is 12.3. The van der Waals surface area contributed by atoms with Gasteiger partial charge in [-0.15, -0.1) is 0 Å². The second-order valence-corrected chi connectivity index (χ2v) is 3.88. The lowest BCUT2D eigenvalue weighted by Crippen LogP contribution is -2.11. The number of alkyl halides is 2. The van der Waals surface area contributed by atoms with Crippen LogP contribution in [0.15, 0.2) is 0 Å². The molecule has 0 spiro atoms. The predicted octanol–water partition coefficient (Wildman–Crippen LogP) is 3.22. The normalized spacial score (nSPS) is 22.8. The van der Waals surface area contributed by atoms with Gasteiger partial charge in [0.2, 0.25) is 5.92 Å². The minimum atomic E-state index is -2.45. The lowest BCUT2D eigenvalue weighted by atomic mass is 10.0. The zero-order chi connectivity index (χ0) is 7.83. The van der Waals surface area contributed by atoms with Crippen LogP contribution in [0.25, 0.3) is 0 Å². The van der Waals surface area contributed by atoms with Gasteiger partial charge >= 0.3 is 0 Å². The zero-order valence-corrected chi connectivity index (χ0v) is 6.58. The van der Waals surface area contributed by atoms with Gasteiger partial charge in [-0.3, -0.25) is 0 Å². The van der Waals surface area contributed by atoms with Crippen molar-refractivity contribution < 1.29 is 8.78 Å². The third kappa shape index (κ3) is 2.63. The van der Waals surface area contributed by atoms with Crippen molar-refractivity contribution >= 4 is 0 Å². The molecule has 0 aromatic heterocycles. The summed E-state index contributed by atoms with van der Waals surface area (Å²) < 4.78 is 24.6. The van der Waals surface area contributed by atoms with Gasteiger partial charge in [-0.25, -0.2) is 8.78 Å². The fourth-order valence-electron chi connectivity index (χ4n) is 0.985. The van der Waals surface area contributed by atoms with Gasteiger partial charge in [0.25, 0.3) is 0 Å². The first-order valence-electron chi connectivity index (χ1n) is 3.79. The second-order valence-electron chi connectivity index (χ2n) is 3.88. The summed E-state index contributed by atoms with van der Waals surface area (Å²) in [5.74, 6) is -2.45. The van der Waals surface area contributed by atoms with Gasteiger partial charge in [0, 0.05) is 6.42 Å². The Morgan fingerprint density at radius 1 is 1.40 bits per heavy atom. The molecule has 0 amide bonds. The number of halogens is 2. The highest BCUT2D eigenvalue weighted by molar-refractivity contribution is 4.89. The van der Waals surface area contributed by atoms with E-state index in [1.165, 1.54) is 0 Å². The molecule has 2 heteroatoms. The lowest BCUT2D eigenvalue weighted by Gasteiger charge is -2.12. The summed E-state index contributed by atoms with van der Waals surface area (Å²) in [4.78, 5) is 0. The Morgan fingerprint density at radius 3 is 2.20 bits per heavy atom. The molecule has 0 N–H and O–H groups in total. The summed E-state index contributed by atoms with van der Waals surface area (Å²) in [7, 11) is 0. The van der Waals surface area contributed by atoms with Crippen molar-refractivity contribution in [2.75, 3.05) is 0 Å². The Bertz CT molecular complexity index is 114. The van der Waals surface area contributed by atoms with E-state index >= 15 is 0 Å². The third-order valence-electron chi connectivity index (χ3n) is 2.27. The first kappa shape index (κ1) is 7.96. The molecule has 0 aromatic carbocycles. The van der Waals surface area contributed by atoms with Crippen molar-refractivity contribution in [2.24, 2.45) is 5.41 Å². The van der Waals surface area contributed by atoms with Crippen LogP contribution in [0.5, 0.6) is 0 Å². The van der Waals surface area contributed by atoms with Crippen LogP contribution in [0, 0.1) is 5.41 Å². The Hall–Kier alpha value is -0.140. The maximum atomic E-state index is 12.3. The van der Waals surface area contributed by atoms with Crippen LogP contribution in [-0.2, 0) is 0 Å². The lowest BCUT2D eigenvalue weighted by molar-refractivity contribution is 0.00605. The average Bonchev–Trinajstić information content (AvgIpc) is 2.43. The average molecular weight is 148 g/mol. The van der Waals surface area contributed by atoms with E-state index in [2.05, 4.69) is 6.92 Å². The molecule has 1 aliphatic carbocycles. The van der Waals surface area contributed by atoms with E-state index < -0.39 is 5.92 Å². The topological polar surface area (TPSA) is 0 Å². The third-order valence-corrected chi connectivity index (χ3v) is 2.27. The molecule has 1 saturated carbocycles. The number of rotatable bonds is 3. The van der Waals surface area contributed by atoms with Crippen LogP contribution in [0.2, 0.25) is 0 Å². The smallest absolute Gasteiger partial charge is 0.207 e.